The van der Waals surface area contributed by atoms with Crippen LogP contribution in [0.4, 0.5) is 13.2 Å². The summed E-state index contributed by atoms with van der Waals surface area (Å²) in [6, 6.07) is 1.45. The Hall–Kier alpha value is -0.340. The Morgan fingerprint density at radius 3 is 2.50 bits per heavy atom. The largest absolute Gasteiger partial charge is 0.390 e. The van der Waals surface area contributed by atoms with Gasteiger partial charge in [0.2, 0.25) is 0 Å². The molecule has 1 atom stereocenters. The van der Waals surface area contributed by atoms with Crippen molar-refractivity contribution < 1.29 is 18.3 Å². The van der Waals surface area contributed by atoms with Gasteiger partial charge in [0.25, 0.3) is 5.92 Å². The molecule has 22 heavy (non-hydrogen) atoms. The van der Waals surface area contributed by atoms with Crippen LogP contribution in [0.15, 0.2) is 16.6 Å². The number of nitrogens with one attached hydrogen (secondary N) is 1. The molecule has 1 aromatic carbocycles. The standard InChI is InChI=1S/C14H18BrF3N2O.ClH/c1-9-6-10(15)7-11(12(9)16)13(14(17,18)8-21)20-4-2-19-3-5-20;/h6-7,13,19,21H,2-5,8H2,1H3;1H/t13-;/m0./s1. The lowest BCUT2D eigenvalue weighted by Gasteiger charge is -2.39. The molecule has 2 N–H and O–H groups in total. The quantitative estimate of drug-likeness (QED) is 0.811. The van der Waals surface area contributed by atoms with Crippen molar-refractivity contribution >= 4 is 28.3 Å². The van der Waals surface area contributed by atoms with Crippen LogP contribution in [0.1, 0.15) is 17.2 Å². The summed E-state index contributed by atoms with van der Waals surface area (Å²) in [7, 11) is 0. The zero-order chi connectivity index (χ0) is 15.6. The number of alkyl halides is 2. The van der Waals surface area contributed by atoms with E-state index in [2.05, 4.69) is 21.2 Å². The Labute approximate surface area is 142 Å². The number of rotatable bonds is 4. The van der Waals surface area contributed by atoms with Gasteiger partial charge in [-0.3, -0.25) is 4.90 Å². The highest BCUT2D eigenvalue weighted by molar-refractivity contribution is 9.10. The van der Waals surface area contributed by atoms with Crippen molar-refractivity contribution in [1.29, 1.82) is 0 Å². The van der Waals surface area contributed by atoms with E-state index in [0.29, 0.717) is 36.2 Å². The molecule has 8 heteroatoms. The third kappa shape index (κ3) is 4.14. The fourth-order valence-corrected chi connectivity index (χ4v) is 3.26. The average molecular weight is 404 g/mol. The van der Waals surface area contributed by atoms with Crippen LogP contribution in [0, 0.1) is 12.7 Å². The minimum absolute atomic E-state index is 0. The van der Waals surface area contributed by atoms with Crippen LogP contribution in [0.3, 0.4) is 0 Å². The van der Waals surface area contributed by atoms with Crippen molar-refractivity contribution in [3.63, 3.8) is 0 Å². The topological polar surface area (TPSA) is 35.5 Å². The molecule has 1 aromatic rings. The Morgan fingerprint density at radius 2 is 1.95 bits per heavy atom. The van der Waals surface area contributed by atoms with Crippen LogP contribution >= 0.6 is 28.3 Å². The summed E-state index contributed by atoms with van der Waals surface area (Å²) >= 11 is 3.22. The summed E-state index contributed by atoms with van der Waals surface area (Å²) in [6.07, 6.45) is 0. The maximum atomic E-state index is 14.4. The highest BCUT2D eigenvalue weighted by Gasteiger charge is 2.45. The number of aryl methyl sites for hydroxylation is 1. The molecule has 126 valence electrons. The SMILES string of the molecule is Cc1cc(Br)cc([C@H](N2CCNCC2)C(F)(F)CO)c1F.Cl. The van der Waals surface area contributed by atoms with E-state index in [1.807, 2.05) is 0 Å². The van der Waals surface area contributed by atoms with Gasteiger partial charge in [0.1, 0.15) is 18.5 Å². The Kier molecular flexibility index (Phi) is 7.14. The predicted octanol–water partition coefficient (Wildman–Crippen LogP) is 2.89. The van der Waals surface area contributed by atoms with E-state index in [4.69, 9.17) is 5.11 Å². The maximum absolute atomic E-state index is 14.4. The van der Waals surface area contributed by atoms with Gasteiger partial charge in [-0.1, -0.05) is 15.9 Å². The molecular weight excluding hydrogens is 385 g/mol. The van der Waals surface area contributed by atoms with E-state index in [9.17, 15) is 13.2 Å². The summed E-state index contributed by atoms with van der Waals surface area (Å²) in [4.78, 5) is 1.52. The highest BCUT2D eigenvalue weighted by atomic mass is 79.9. The first-order valence-electron chi connectivity index (χ1n) is 6.76. The Morgan fingerprint density at radius 1 is 1.36 bits per heavy atom. The van der Waals surface area contributed by atoms with Crippen LogP contribution in [-0.2, 0) is 0 Å². The third-order valence-corrected chi connectivity index (χ3v) is 4.13. The van der Waals surface area contributed by atoms with E-state index in [-0.39, 0.29) is 18.0 Å². The fourth-order valence-electron chi connectivity index (χ4n) is 2.67. The van der Waals surface area contributed by atoms with Crippen molar-refractivity contribution in [2.24, 2.45) is 0 Å². The zero-order valence-corrected chi connectivity index (χ0v) is 14.5. The van der Waals surface area contributed by atoms with Gasteiger partial charge in [0.05, 0.1) is 0 Å². The fraction of sp³-hybridized carbons (Fsp3) is 0.571. The van der Waals surface area contributed by atoms with E-state index >= 15 is 0 Å². The predicted molar refractivity (Wildman–Crippen MR) is 85.3 cm³/mol. The summed E-state index contributed by atoms with van der Waals surface area (Å²) < 4.78 is 43.4. The smallest absolute Gasteiger partial charge is 0.290 e. The molecule has 0 amide bonds. The second-order valence-corrected chi connectivity index (χ2v) is 6.15. The number of nitrogens with zero attached hydrogens (tertiary/aromatic N) is 1. The van der Waals surface area contributed by atoms with E-state index in [1.54, 1.807) is 6.07 Å². The lowest BCUT2D eigenvalue weighted by atomic mass is 9.96. The molecule has 2 rings (SSSR count). The van der Waals surface area contributed by atoms with Gasteiger partial charge in [-0.2, -0.15) is 0 Å². The molecule has 0 saturated carbocycles. The number of aliphatic hydroxyl groups excluding tert-OH is 1. The van der Waals surface area contributed by atoms with Crippen molar-refractivity contribution in [3.8, 4) is 0 Å². The number of piperazine rings is 1. The summed E-state index contributed by atoms with van der Waals surface area (Å²) in [5, 5.41) is 12.1. The maximum Gasteiger partial charge on any atom is 0.290 e. The summed E-state index contributed by atoms with van der Waals surface area (Å²) in [5.41, 5.74) is 0.219. The summed E-state index contributed by atoms with van der Waals surface area (Å²) in [5.74, 6) is -4.05. The van der Waals surface area contributed by atoms with Gasteiger partial charge in [0, 0.05) is 36.2 Å². The normalized spacial score (nSPS) is 17.9. The Balaban J connectivity index is 0.00000242. The third-order valence-electron chi connectivity index (χ3n) is 3.67. The van der Waals surface area contributed by atoms with Crippen LogP contribution < -0.4 is 5.32 Å². The molecule has 1 aliphatic rings. The number of hydrogen-bond donors (Lipinski definition) is 2. The van der Waals surface area contributed by atoms with Gasteiger partial charge in [-0.25, -0.2) is 13.2 Å². The monoisotopic (exact) mass is 402 g/mol. The lowest BCUT2D eigenvalue weighted by Crippen LogP contribution is -2.51. The molecule has 3 nitrogen and oxygen atoms in total. The molecule has 1 fully saturated rings. The number of hydrogen-bond acceptors (Lipinski definition) is 3. The minimum Gasteiger partial charge on any atom is -0.390 e. The second kappa shape index (κ2) is 7.97. The van der Waals surface area contributed by atoms with E-state index < -0.39 is 24.4 Å². The molecule has 1 heterocycles. The lowest BCUT2D eigenvalue weighted by molar-refractivity contribution is -0.119. The molecule has 0 aliphatic carbocycles. The first-order chi connectivity index (χ1) is 9.86. The van der Waals surface area contributed by atoms with Crippen LogP contribution in [-0.4, -0.2) is 48.7 Å². The van der Waals surface area contributed by atoms with Crippen LogP contribution in [0.5, 0.6) is 0 Å². The van der Waals surface area contributed by atoms with Gasteiger partial charge in [0.15, 0.2) is 0 Å². The van der Waals surface area contributed by atoms with Crippen molar-refractivity contribution in [1.82, 2.24) is 10.2 Å². The molecule has 0 aromatic heterocycles. The first kappa shape index (κ1) is 19.7. The van der Waals surface area contributed by atoms with Crippen molar-refractivity contribution in [2.75, 3.05) is 32.8 Å². The molecule has 0 bridgehead atoms. The zero-order valence-electron chi connectivity index (χ0n) is 12.1. The first-order valence-corrected chi connectivity index (χ1v) is 7.55. The summed E-state index contributed by atoms with van der Waals surface area (Å²) in [6.45, 7) is 2.11. The number of halogens is 5. The molecule has 0 unspecified atom stereocenters. The Bertz CT molecular complexity index is 513. The molecule has 1 saturated heterocycles. The van der Waals surface area contributed by atoms with Crippen LogP contribution in [0.25, 0.3) is 0 Å². The highest BCUT2D eigenvalue weighted by Crippen LogP contribution is 2.39. The number of benzene rings is 1. The minimum atomic E-state index is -3.41. The van der Waals surface area contributed by atoms with E-state index in [1.165, 1.54) is 17.9 Å². The van der Waals surface area contributed by atoms with E-state index in [0.717, 1.165) is 0 Å². The van der Waals surface area contributed by atoms with Gasteiger partial charge >= 0.3 is 0 Å². The van der Waals surface area contributed by atoms with Gasteiger partial charge in [-0.15, -0.1) is 12.4 Å². The van der Waals surface area contributed by atoms with Gasteiger partial charge in [-0.05, 0) is 24.6 Å². The van der Waals surface area contributed by atoms with Crippen molar-refractivity contribution in [3.05, 3.63) is 33.5 Å². The molecular formula is C14H19BrClF3N2O. The molecule has 1 aliphatic heterocycles. The second-order valence-electron chi connectivity index (χ2n) is 5.23. The van der Waals surface area contributed by atoms with Gasteiger partial charge < -0.3 is 10.4 Å². The van der Waals surface area contributed by atoms with Crippen LogP contribution in [0.2, 0.25) is 0 Å². The average Bonchev–Trinajstić information content (AvgIpc) is 2.45. The van der Waals surface area contributed by atoms with Crippen molar-refractivity contribution in [2.45, 2.75) is 18.9 Å². The number of aliphatic hydroxyl groups is 1. The molecule has 0 spiro atoms. The molecule has 0 radical (unpaired) electrons.